The molecule has 2 bridgehead atoms. The summed E-state index contributed by atoms with van der Waals surface area (Å²) in [6, 6.07) is 21.8. The molecule has 10 nitrogen and oxygen atoms in total. The molecule has 0 radical (unpaired) electrons. The van der Waals surface area contributed by atoms with Crippen molar-refractivity contribution in [2.45, 2.75) is 76.0 Å². The lowest BCUT2D eigenvalue weighted by Gasteiger charge is -2.43. The van der Waals surface area contributed by atoms with Crippen LogP contribution in [0.4, 0.5) is 4.79 Å². The highest BCUT2D eigenvalue weighted by molar-refractivity contribution is 9.10. The number of fused-ring (bicyclic) bond motifs is 4. The van der Waals surface area contributed by atoms with Gasteiger partial charge in [-0.2, -0.15) is 0 Å². The SMILES string of the molecule is O=C(NC(c1ccccc1)c1cccc(OCCCCCCCCCNC[C@H](O)c2ccc(O)c3[nH]c(=O)ccc23)c1Br)O[C@H]1CN2CCC1CC2. The molecule has 3 aliphatic rings. The number of piperidine rings is 3. The van der Waals surface area contributed by atoms with E-state index in [1.54, 1.807) is 12.1 Å². The highest BCUT2D eigenvalue weighted by atomic mass is 79.9. The molecule has 4 heterocycles. The van der Waals surface area contributed by atoms with E-state index in [1.807, 2.05) is 48.5 Å². The maximum Gasteiger partial charge on any atom is 0.408 e. The number of aromatic amines is 1. The van der Waals surface area contributed by atoms with Crippen LogP contribution in [-0.4, -0.2) is 71.6 Å². The lowest BCUT2D eigenvalue weighted by atomic mass is 9.86. The van der Waals surface area contributed by atoms with E-state index in [-0.39, 0.29) is 29.5 Å². The second kappa shape index (κ2) is 18.7. The number of aliphatic hydroxyl groups excluding tert-OH is 1. The zero-order valence-electron chi connectivity index (χ0n) is 29.7. The van der Waals surface area contributed by atoms with Gasteiger partial charge in [-0.05, 0) is 102 Å². The number of ether oxygens (including phenoxy) is 2. The van der Waals surface area contributed by atoms with Crippen LogP contribution in [0.15, 0.2) is 82.1 Å². The van der Waals surface area contributed by atoms with Crippen LogP contribution < -0.4 is 20.9 Å². The predicted octanol–water partition coefficient (Wildman–Crippen LogP) is 7.34. The lowest BCUT2D eigenvalue weighted by molar-refractivity contribution is -0.0336. The van der Waals surface area contributed by atoms with Gasteiger partial charge in [0.05, 0.1) is 28.7 Å². The van der Waals surface area contributed by atoms with Crippen molar-refractivity contribution in [2.75, 3.05) is 39.3 Å². The maximum absolute atomic E-state index is 13.2. The van der Waals surface area contributed by atoms with Gasteiger partial charge in [0.25, 0.3) is 0 Å². The molecular formula is C41H51BrN4O6. The maximum atomic E-state index is 13.2. The Kier molecular flexibility index (Phi) is 13.6. The van der Waals surface area contributed by atoms with Gasteiger partial charge in [-0.25, -0.2) is 4.79 Å². The Balaban J connectivity index is 0.881. The molecule has 3 aliphatic heterocycles. The summed E-state index contributed by atoms with van der Waals surface area (Å²) in [5.41, 5.74) is 2.62. The molecule has 11 heteroatoms. The third-order valence-corrected chi connectivity index (χ3v) is 11.3. The number of amides is 1. The molecule has 0 spiro atoms. The van der Waals surface area contributed by atoms with Gasteiger partial charge in [-0.3, -0.25) is 9.69 Å². The van der Waals surface area contributed by atoms with E-state index in [9.17, 15) is 19.8 Å². The minimum atomic E-state index is -0.746. The highest BCUT2D eigenvalue weighted by Crippen LogP contribution is 2.36. The van der Waals surface area contributed by atoms with Gasteiger partial charge >= 0.3 is 6.09 Å². The van der Waals surface area contributed by atoms with E-state index < -0.39 is 6.10 Å². The van der Waals surface area contributed by atoms with Crippen LogP contribution in [0.1, 0.15) is 86.6 Å². The molecule has 1 amide bonds. The third-order valence-electron chi connectivity index (χ3n) is 10.4. The number of nitrogens with zero attached hydrogens (tertiary/aromatic N) is 1. The Labute approximate surface area is 314 Å². The number of halogens is 1. The van der Waals surface area contributed by atoms with Crippen LogP contribution in [-0.2, 0) is 4.74 Å². The van der Waals surface area contributed by atoms with Crippen LogP contribution in [0, 0.1) is 5.92 Å². The van der Waals surface area contributed by atoms with Crippen molar-refractivity contribution in [3.8, 4) is 11.5 Å². The first-order valence-corrected chi connectivity index (χ1v) is 19.6. The van der Waals surface area contributed by atoms with Gasteiger partial charge in [-0.1, -0.05) is 80.6 Å². The minimum Gasteiger partial charge on any atom is -0.506 e. The van der Waals surface area contributed by atoms with Crippen molar-refractivity contribution in [1.29, 1.82) is 0 Å². The Bertz CT molecular complexity index is 1810. The van der Waals surface area contributed by atoms with Gasteiger partial charge in [0.1, 0.15) is 17.6 Å². The van der Waals surface area contributed by atoms with Gasteiger partial charge in [0, 0.05) is 24.5 Å². The third kappa shape index (κ3) is 9.95. The second-order valence-corrected chi connectivity index (χ2v) is 14.9. The number of hydrogen-bond donors (Lipinski definition) is 5. The number of nitrogens with one attached hydrogen (secondary N) is 3. The fourth-order valence-electron chi connectivity index (χ4n) is 7.50. The monoisotopic (exact) mass is 774 g/mol. The quantitative estimate of drug-likeness (QED) is 0.0663. The van der Waals surface area contributed by atoms with Crippen molar-refractivity contribution in [3.05, 3.63) is 104 Å². The smallest absolute Gasteiger partial charge is 0.408 e. The Hall–Kier alpha value is -3.90. The average molecular weight is 776 g/mol. The van der Waals surface area contributed by atoms with Crippen molar-refractivity contribution >= 4 is 32.9 Å². The first kappa shape index (κ1) is 37.8. The highest BCUT2D eigenvalue weighted by Gasteiger charge is 2.37. The Morgan fingerprint density at radius 3 is 2.40 bits per heavy atom. The summed E-state index contributed by atoms with van der Waals surface area (Å²) in [4.78, 5) is 29.9. The first-order valence-electron chi connectivity index (χ1n) is 18.8. The van der Waals surface area contributed by atoms with E-state index in [2.05, 4.69) is 36.4 Å². The number of phenols is 1. The number of H-pyrrole nitrogens is 1. The number of phenolic OH excluding ortho intramolecular Hbond substituents is 1. The molecule has 5 N–H and O–H groups in total. The average Bonchev–Trinajstić information content (AvgIpc) is 3.16. The van der Waals surface area contributed by atoms with E-state index >= 15 is 0 Å². The molecule has 0 aliphatic carbocycles. The van der Waals surface area contributed by atoms with Crippen molar-refractivity contribution in [1.82, 2.24) is 20.5 Å². The summed E-state index contributed by atoms with van der Waals surface area (Å²) in [6.07, 6.45) is 8.65. The van der Waals surface area contributed by atoms with E-state index in [4.69, 9.17) is 9.47 Å². The molecule has 0 saturated carbocycles. The molecule has 3 saturated heterocycles. The summed E-state index contributed by atoms with van der Waals surface area (Å²) in [7, 11) is 0. The zero-order valence-corrected chi connectivity index (χ0v) is 31.3. The molecule has 3 aromatic carbocycles. The second-order valence-electron chi connectivity index (χ2n) is 14.1. The molecular weight excluding hydrogens is 724 g/mol. The summed E-state index contributed by atoms with van der Waals surface area (Å²) < 4.78 is 13.1. The number of carbonyl (C=O) groups excluding carboxylic acids is 1. The van der Waals surface area contributed by atoms with Crippen LogP contribution in [0.3, 0.4) is 0 Å². The number of carbonyl (C=O) groups is 1. The topological polar surface area (TPSA) is 136 Å². The van der Waals surface area contributed by atoms with Crippen LogP contribution in [0.5, 0.6) is 11.5 Å². The molecule has 278 valence electrons. The molecule has 3 fully saturated rings. The molecule has 4 aromatic rings. The zero-order chi connectivity index (χ0) is 36.3. The molecule has 3 atom stereocenters. The van der Waals surface area contributed by atoms with E-state index in [0.29, 0.717) is 35.5 Å². The van der Waals surface area contributed by atoms with Gasteiger partial charge in [0.15, 0.2) is 0 Å². The Morgan fingerprint density at radius 2 is 1.65 bits per heavy atom. The summed E-state index contributed by atoms with van der Waals surface area (Å²) in [5, 5.41) is 27.9. The minimum absolute atomic E-state index is 0.0107. The van der Waals surface area contributed by atoms with E-state index in [0.717, 1.165) is 98.9 Å². The number of rotatable bonds is 18. The number of unbranched alkanes of at least 4 members (excludes halogenated alkanes) is 6. The number of hydrogen-bond acceptors (Lipinski definition) is 8. The Morgan fingerprint density at radius 1 is 0.904 bits per heavy atom. The summed E-state index contributed by atoms with van der Waals surface area (Å²) >= 11 is 3.79. The molecule has 7 rings (SSSR count). The van der Waals surface area contributed by atoms with Crippen LogP contribution in [0.2, 0.25) is 0 Å². The standard InChI is InChI=1S/C41H51BrN4O6/c42-38-32(39(29-12-7-6-8-13-29)45-41(50)52-36-27-46-23-20-28(36)21-24-46)14-11-15-35(38)51-25-10-5-3-1-2-4-9-22-43-26-34(48)30-16-18-33(47)40-31(30)17-19-37(49)44-40/h6-8,11-19,28,34,36,39,43,47-48H,1-5,9-10,20-27H2,(H,44,49)(H,45,50)/t34-,36-,39?/m0/s1. The van der Waals surface area contributed by atoms with Crippen LogP contribution in [0.25, 0.3) is 10.9 Å². The number of benzene rings is 3. The lowest BCUT2D eigenvalue weighted by Crippen LogP contribution is -2.52. The van der Waals surface area contributed by atoms with Gasteiger partial charge < -0.3 is 35.3 Å². The van der Waals surface area contributed by atoms with Gasteiger partial charge in [-0.15, -0.1) is 0 Å². The van der Waals surface area contributed by atoms with Crippen molar-refractivity contribution in [3.63, 3.8) is 0 Å². The predicted molar refractivity (Wildman–Crippen MR) is 207 cm³/mol. The summed E-state index contributed by atoms with van der Waals surface area (Å²) in [5.74, 6) is 1.20. The summed E-state index contributed by atoms with van der Waals surface area (Å²) in [6.45, 7) is 4.84. The van der Waals surface area contributed by atoms with Crippen molar-refractivity contribution in [2.24, 2.45) is 5.92 Å². The number of aliphatic hydroxyl groups is 1. The molecule has 1 aromatic heterocycles. The molecule has 1 unspecified atom stereocenters. The number of alkyl carbamates (subject to hydrolysis) is 1. The number of pyridine rings is 1. The number of aromatic nitrogens is 1. The fraction of sp³-hybridized carbons (Fsp3) is 0.463. The van der Waals surface area contributed by atoms with Crippen LogP contribution >= 0.6 is 15.9 Å². The van der Waals surface area contributed by atoms with Gasteiger partial charge in [0.2, 0.25) is 5.56 Å². The first-order chi connectivity index (χ1) is 25.4. The number of aromatic hydroxyl groups is 1. The normalized spacial score (nSPS) is 19.3. The van der Waals surface area contributed by atoms with Crippen molar-refractivity contribution < 1.29 is 24.5 Å². The van der Waals surface area contributed by atoms with E-state index in [1.165, 1.54) is 18.6 Å². The molecule has 52 heavy (non-hydrogen) atoms. The fourth-order valence-corrected chi connectivity index (χ4v) is 8.11. The largest absolute Gasteiger partial charge is 0.506 e.